The normalized spacial score (nSPS) is 35.5. The molecule has 6 rings (SSSR count). The van der Waals surface area contributed by atoms with Crippen molar-refractivity contribution in [1.29, 1.82) is 0 Å². The summed E-state index contributed by atoms with van der Waals surface area (Å²) in [5, 5.41) is 0. The molecule has 1 aromatic rings. The summed E-state index contributed by atoms with van der Waals surface area (Å²) in [5.41, 5.74) is 5.38. The topological polar surface area (TPSA) is 34.1 Å². The van der Waals surface area contributed by atoms with Gasteiger partial charge in [0.05, 0.1) is 13.9 Å². The molecule has 0 amide bonds. The average Bonchev–Trinajstić information content (AvgIpc) is 3.43. The molecule has 0 radical (unpaired) electrons. The first-order valence-corrected chi connectivity index (χ1v) is 16.5. The monoisotopic (exact) mass is 524 g/mol. The zero-order valence-electron chi connectivity index (χ0n) is 21.1. The number of allylic oxidation sites excluding steroid dienone is 5. The van der Waals surface area contributed by atoms with E-state index in [1.165, 1.54) is 37.2 Å². The van der Waals surface area contributed by atoms with Crippen LogP contribution in [0.2, 0.25) is 0 Å². The van der Waals surface area contributed by atoms with E-state index in [1.54, 1.807) is 23.3 Å². The third-order valence-corrected chi connectivity index (χ3v) is 15.0. The fourth-order valence-electron chi connectivity index (χ4n) is 7.69. The molecular formula is C30H36O2S3. The van der Waals surface area contributed by atoms with Crippen LogP contribution in [0.15, 0.2) is 75.6 Å². The van der Waals surface area contributed by atoms with E-state index in [0.717, 1.165) is 24.0 Å². The molecule has 1 heterocycles. The summed E-state index contributed by atoms with van der Waals surface area (Å²) in [7, 11) is -3.60. The fraction of sp³-hybridized carbons (Fsp3) is 0.533. The first kappa shape index (κ1) is 24.2. The van der Waals surface area contributed by atoms with Crippen LogP contribution in [0.3, 0.4) is 0 Å². The van der Waals surface area contributed by atoms with Gasteiger partial charge in [-0.3, -0.25) is 0 Å². The van der Waals surface area contributed by atoms with Crippen molar-refractivity contribution in [2.24, 2.45) is 22.7 Å². The lowest BCUT2D eigenvalue weighted by Crippen LogP contribution is -2.45. The molecule has 5 heteroatoms. The van der Waals surface area contributed by atoms with Gasteiger partial charge < -0.3 is 0 Å². The third kappa shape index (κ3) is 3.54. The lowest BCUT2D eigenvalue weighted by molar-refractivity contribution is 0.137. The molecule has 2 fully saturated rings. The van der Waals surface area contributed by atoms with Crippen LogP contribution >= 0.6 is 23.5 Å². The van der Waals surface area contributed by atoms with Gasteiger partial charge in [-0.05, 0) is 75.0 Å². The van der Waals surface area contributed by atoms with Crippen molar-refractivity contribution in [3.63, 3.8) is 0 Å². The van der Waals surface area contributed by atoms with Crippen molar-refractivity contribution in [2.45, 2.75) is 68.3 Å². The van der Waals surface area contributed by atoms with Crippen LogP contribution in [-0.2, 0) is 9.84 Å². The van der Waals surface area contributed by atoms with Crippen LogP contribution < -0.4 is 0 Å². The average molecular weight is 525 g/mol. The number of thioether (sulfide) groups is 2. The Morgan fingerprint density at radius 1 is 1.06 bits per heavy atom. The van der Waals surface area contributed by atoms with E-state index in [2.05, 4.69) is 62.2 Å². The molecule has 1 aromatic carbocycles. The minimum absolute atomic E-state index is 0.159. The Kier molecular flexibility index (Phi) is 5.64. The molecule has 0 bridgehead atoms. The van der Waals surface area contributed by atoms with Crippen molar-refractivity contribution in [3.8, 4) is 0 Å². The van der Waals surface area contributed by atoms with Crippen LogP contribution in [0.5, 0.6) is 0 Å². The van der Waals surface area contributed by atoms with Gasteiger partial charge in [0.25, 0.3) is 0 Å². The third-order valence-electron chi connectivity index (χ3n) is 9.81. The van der Waals surface area contributed by atoms with Gasteiger partial charge in [-0.15, -0.1) is 23.5 Å². The lowest BCUT2D eigenvalue weighted by atomic mass is 9.51. The van der Waals surface area contributed by atoms with Gasteiger partial charge in [-0.1, -0.05) is 67.5 Å². The number of hydrogen-bond donors (Lipinski definition) is 0. The summed E-state index contributed by atoms with van der Waals surface area (Å²) in [4.78, 5) is 0.660. The highest BCUT2D eigenvalue weighted by Gasteiger charge is 2.56. The highest BCUT2D eigenvalue weighted by molar-refractivity contribution is 8.21. The lowest BCUT2D eigenvalue weighted by Gasteiger charge is -2.54. The Morgan fingerprint density at radius 3 is 2.49 bits per heavy atom. The molecule has 4 aliphatic carbocycles. The number of hydrogen-bond acceptors (Lipinski definition) is 4. The molecule has 35 heavy (non-hydrogen) atoms. The van der Waals surface area contributed by atoms with E-state index in [4.69, 9.17) is 0 Å². The summed E-state index contributed by atoms with van der Waals surface area (Å²) in [6.07, 6.45) is 14.2. The number of aryl methyl sites for hydroxylation is 1. The van der Waals surface area contributed by atoms with Crippen LogP contribution in [0, 0.1) is 29.6 Å². The minimum Gasteiger partial charge on any atom is -0.219 e. The Morgan fingerprint density at radius 2 is 1.77 bits per heavy atom. The number of rotatable bonds is 3. The molecule has 0 aromatic heterocycles. The predicted molar refractivity (Wildman–Crippen MR) is 150 cm³/mol. The quantitative estimate of drug-likeness (QED) is 0.377. The van der Waals surface area contributed by atoms with Gasteiger partial charge >= 0.3 is 0 Å². The minimum atomic E-state index is -3.60. The molecular weight excluding hydrogens is 489 g/mol. The fourth-order valence-corrected chi connectivity index (χ4v) is 12.2. The highest BCUT2D eigenvalue weighted by atomic mass is 32.2. The van der Waals surface area contributed by atoms with Crippen LogP contribution in [-0.4, -0.2) is 24.0 Å². The van der Waals surface area contributed by atoms with E-state index in [0.29, 0.717) is 25.7 Å². The van der Waals surface area contributed by atoms with Gasteiger partial charge in [0, 0.05) is 22.3 Å². The van der Waals surface area contributed by atoms with Crippen LogP contribution in [0.4, 0.5) is 0 Å². The first-order chi connectivity index (χ1) is 16.6. The molecule has 0 N–H and O–H groups in total. The SMILES string of the molecule is C=C(C1=CC[C@H]2[C@@H]3CCC4=CC5(CC[C@]4(C)C3=CC[C@]12C)SCCS5)S(=O)(=O)c1ccc(C)cc1. The van der Waals surface area contributed by atoms with Crippen LogP contribution in [0.25, 0.3) is 0 Å². The number of fused-ring (bicyclic) bond motifs is 5. The maximum absolute atomic E-state index is 13.5. The second kappa shape index (κ2) is 8.16. The summed E-state index contributed by atoms with van der Waals surface area (Å²) in [6, 6.07) is 7.18. The van der Waals surface area contributed by atoms with E-state index in [1.807, 2.05) is 19.1 Å². The van der Waals surface area contributed by atoms with E-state index < -0.39 is 9.84 Å². The van der Waals surface area contributed by atoms with Gasteiger partial charge in [0.1, 0.15) is 0 Å². The van der Waals surface area contributed by atoms with Crippen molar-refractivity contribution in [2.75, 3.05) is 11.5 Å². The van der Waals surface area contributed by atoms with Crippen molar-refractivity contribution < 1.29 is 8.42 Å². The molecule has 1 saturated heterocycles. The molecule has 5 aliphatic rings. The van der Waals surface area contributed by atoms with E-state index >= 15 is 0 Å². The molecule has 1 spiro atoms. The zero-order valence-corrected chi connectivity index (χ0v) is 23.6. The summed E-state index contributed by atoms with van der Waals surface area (Å²) in [5.74, 6) is 3.56. The Bertz CT molecular complexity index is 1280. The number of benzene rings is 1. The zero-order chi connectivity index (χ0) is 24.6. The molecule has 1 saturated carbocycles. The second-order valence-electron chi connectivity index (χ2n) is 11.6. The molecule has 186 valence electrons. The predicted octanol–water partition coefficient (Wildman–Crippen LogP) is 7.88. The Labute approximate surface area is 219 Å². The summed E-state index contributed by atoms with van der Waals surface area (Å²) in [6.45, 7) is 11.0. The standard InChI is InChI=1S/C30H36O2S3/c1-20-5-8-23(9-6-20)35(31,32)21(2)25-11-12-26-24-10-7-22-19-30(33-17-18-34-30)16-15-28(22,3)27(24)13-14-29(25,26)4/h5-6,8-9,11,13,19,24,26H,2,7,10,12,14-18H2,1,3-4H3/t24-,26-,28-,29+/m0/s1. The van der Waals surface area contributed by atoms with Gasteiger partial charge in [-0.25, -0.2) is 8.42 Å². The van der Waals surface area contributed by atoms with Crippen molar-refractivity contribution >= 4 is 33.4 Å². The van der Waals surface area contributed by atoms with Crippen molar-refractivity contribution in [1.82, 2.24) is 0 Å². The summed E-state index contributed by atoms with van der Waals surface area (Å²) < 4.78 is 27.4. The molecule has 2 nitrogen and oxygen atoms in total. The Hall–Kier alpha value is -1.17. The second-order valence-corrected chi connectivity index (χ2v) is 16.7. The molecule has 0 unspecified atom stereocenters. The maximum atomic E-state index is 13.5. The van der Waals surface area contributed by atoms with Gasteiger partial charge in [0.2, 0.25) is 9.84 Å². The van der Waals surface area contributed by atoms with Gasteiger partial charge in [0.15, 0.2) is 0 Å². The highest BCUT2D eigenvalue weighted by Crippen LogP contribution is 2.66. The van der Waals surface area contributed by atoms with Gasteiger partial charge in [-0.2, -0.15) is 0 Å². The van der Waals surface area contributed by atoms with Crippen molar-refractivity contribution in [3.05, 3.63) is 76.3 Å². The smallest absolute Gasteiger partial charge is 0.206 e. The number of sulfone groups is 1. The van der Waals surface area contributed by atoms with E-state index in [-0.39, 0.29) is 10.8 Å². The summed E-state index contributed by atoms with van der Waals surface area (Å²) >= 11 is 4.32. The maximum Gasteiger partial charge on any atom is 0.206 e. The molecule has 4 atom stereocenters. The molecule has 1 aliphatic heterocycles. The van der Waals surface area contributed by atoms with E-state index in [9.17, 15) is 8.42 Å². The van der Waals surface area contributed by atoms with Crippen LogP contribution in [0.1, 0.15) is 57.9 Å². The largest absolute Gasteiger partial charge is 0.219 e. The Balaban J connectivity index is 1.31. The first-order valence-electron chi connectivity index (χ1n) is 13.0.